The number of hydrogen-bond donors (Lipinski definition) is 1. The molecule has 3 saturated heterocycles. The van der Waals surface area contributed by atoms with E-state index in [4.69, 9.17) is 19.4 Å². The molecule has 9 nitrogen and oxygen atoms in total. The Kier molecular flexibility index (Phi) is 7.66. The number of alkyl halides is 2. The standard InChI is InChI=1S/C27H35F2N7O2/c28-25(29)26-31-21-3-1-2-4-22(21)36(26)24-15-23(35-9-13-38-14-10-35)32-27(33-24)30-16-20-5-8-34(18-20)17-19-6-11-37-12-7-19/h1-4,15,19-20,25H,5-14,16-18H2,(H,30,32,33)/t20-/m1/s1. The predicted molar refractivity (Wildman–Crippen MR) is 141 cm³/mol. The molecule has 3 aromatic rings. The summed E-state index contributed by atoms with van der Waals surface area (Å²) < 4.78 is 40.6. The Balaban J connectivity index is 1.24. The number of para-hydroxylation sites is 2. The van der Waals surface area contributed by atoms with E-state index in [1.807, 2.05) is 6.07 Å². The van der Waals surface area contributed by atoms with Crippen LogP contribution in [0.15, 0.2) is 30.3 Å². The fourth-order valence-electron chi connectivity index (χ4n) is 5.78. The van der Waals surface area contributed by atoms with Crippen LogP contribution in [0.4, 0.5) is 20.5 Å². The Morgan fingerprint density at radius 3 is 2.47 bits per heavy atom. The van der Waals surface area contributed by atoms with E-state index in [2.05, 4.69) is 20.1 Å². The molecule has 3 aliphatic heterocycles. The van der Waals surface area contributed by atoms with Crippen molar-refractivity contribution in [2.75, 3.05) is 75.9 Å². The molecule has 0 aliphatic carbocycles. The molecule has 3 aliphatic rings. The number of hydrogen-bond acceptors (Lipinski definition) is 8. The number of anilines is 2. The summed E-state index contributed by atoms with van der Waals surface area (Å²) in [5.41, 5.74) is 1.11. The SMILES string of the molecule is FC(F)c1nc2ccccc2n1-c1cc(N2CCOCC2)nc(NC[C@H]2CCN(CC3CCOCC3)C2)n1. The van der Waals surface area contributed by atoms with Crippen molar-refractivity contribution in [3.63, 3.8) is 0 Å². The van der Waals surface area contributed by atoms with E-state index in [9.17, 15) is 8.78 Å². The summed E-state index contributed by atoms with van der Waals surface area (Å²) in [5, 5.41) is 3.44. The second-order valence-electron chi connectivity index (χ2n) is 10.5. The number of likely N-dealkylation sites (tertiary alicyclic amines) is 1. The van der Waals surface area contributed by atoms with Crippen molar-refractivity contribution in [2.45, 2.75) is 25.7 Å². The molecular weight excluding hydrogens is 492 g/mol. The van der Waals surface area contributed by atoms with Crippen molar-refractivity contribution >= 4 is 22.8 Å². The first-order valence-electron chi connectivity index (χ1n) is 13.7. The van der Waals surface area contributed by atoms with E-state index in [1.165, 1.54) is 4.57 Å². The first-order valence-corrected chi connectivity index (χ1v) is 13.7. The van der Waals surface area contributed by atoms with Crippen molar-refractivity contribution in [2.24, 2.45) is 11.8 Å². The molecule has 0 saturated carbocycles. The normalized spacial score (nSPS) is 21.6. The van der Waals surface area contributed by atoms with Gasteiger partial charge >= 0.3 is 0 Å². The van der Waals surface area contributed by atoms with Crippen LogP contribution >= 0.6 is 0 Å². The molecule has 38 heavy (non-hydrogen) atoms. The lowest BCUT2D eigenvalue weighted by Gasteiger charge is -2.28. The van der Waals surface area contributed by atoms with Gasteiger partial charge < -0.3 is 24.6 Å². The smallest absolute Gasteiger partial charge is 0.296 e. The second-order valence-corrected chi connectivity index (χ2v) is 10.5. The molecule has 0 amide bonds. The van der Waals surface area contributed by atoms with Gasteiger partial charge in [0.2, 0.25) is 5.95 Å². The zero-order chi connectivity index (χ0) is 25.9. The van der Waals surface area contributed by atoms with E-state index in [0.717, 1.165) is 64.6 Å². The number of nitrogens with zero attached hydrogens (tertiary/aromatic N) is 6. The van der Waals surface area contributed by atoms with Crippen LogP contribution in [0, 0.1) is 11.8 Å². The number of rotatable bonds is 8. The average Bonchev–Trinajstić information content (AvgIpc) is 3.57. The molecule has 0 unspecified atom stereocenters. The zero-order valence-corrected chi connectivity index (χ0v) is 21.6. The van der Waals surface area contributed by atoms with Crippen LogP contribution < -0.4 is 10.2 Å². The van der Waals surface area contributed by atoms with E-state index < -0.39 is 6.43 Å². The first kappa shape index (κ1) is 25.4. The Labute approximate surface area is 221 Å². The number of nitrogens with one attached hydrogen (secondary N) is 1. The summed E-state index contributed by atoms with van der Waals surface area (Å²) in [4.78, 5) is 18.4. The van der Waals surface area contributed by atoms with E-state index >= 15 is 0 Å². The number of aromatic nitrogens is 4. The summed E-state index contributed by atoms with van der Waals surface area (Å²) in [6.45, 7) is 8.35. The van der Waals surface area contributed by atoms with E-state index in [1.54, 1.807) is 24.3 Å². The van der Waals surface area contributed by atoms with E-state index in [-0.39, 0.29) is 5.82 Å². The van der Waals surface area contributed by atoms with Gasteiger partial charge in [-0.2, -0.15) is 9.97 Å². The minimum Gasteiger partial charge on any atom is -0.381 e. The van der Waals surface area contributed by atoms with Crippen LogP contribution in [0.5, 0.6) is 0 Å². The Morgan fingerprint density at radius 2 is 1.66 bits per heavy atom. The van der Waals surface area contributed by atoms with Crippen LogP contribution in [-0.4, -0.2) is 90.1 Å². The lowest BCUT2D eigenvalue weighted by atomic mass is 10.00. The largest absolute Gasteiger partial charge is 0.381 e. The molecule has 1 aromatic carbocycles. The van der Waals surface area contributed by atoms with Gasteiger partial charge in [0, 0.05) is 52.0 Å². The number of ether oxygens (including phenoxy) is 2. The van der Waals surface area contributed by atoms with Crippen molar-refractivity contribution in [1.29, 1.82) is 0 Å². The maximum atomic E-state index is 14.1. The average molecular weight is 528 g/mol. The van der Waals surface area contributed by atoms with Gasteiger partial charge in [-0.1, -0.05) is 12.1 Å². The van der Waals surface area contributed by atoms with Gasteiger partial charge in [0.1, 0.15) is 11.6 Å². The van der Waals surface area contributed by atoms with Gasteiger partial charge in [-0.25, -0.2) is 13.8 Å². The lowest BCUT2D eigenvalue weighted by Crippen LogP contribution is -2.37. The van der Waals surface area contributed by atoms with Gasteiger partial charge in [-0.3, -0.25) is 4.57 Å². The van der Waals surface area contributed by atoms with Gasteiger partial charge in [0.05, 0.1) is 24.2 Å². The molecule has 1 N–H and O–H groups in total. The summed E-state index contributed by atoms with van der Waals surface area (Å²) in [6, 6.07) is 8.94. The maximum Gasteiger partial charge on any atom is 0.296 e. The minimum absolute atomic E-state index is 0.316. The van der Waals surface area contributed by atoms with Gasteiger partial charge in [-0.05, 0) is 49.8 Å². The highest BCUT2D eigenvalue weighted by atomic mass is 19.3. The zero-order valence-electron chi connectivity index (χ0n) is 21.6. The highest BCUT2D eigenvalue weighted by molar-refractivity contribution is 5.78. The Bertz CT molecular complexity index is 1230. The molecule has 6 rings (SSSR count). The molecule has 2 aromatic heterocycles. The quantitative estimate of drug-likeness (QED) is 0.475. The molecule has 5 heterocycles. The van der Waals surface area contributed by atoms with Crippen molar-refractivity contribution in [3.05, 3.63) is 36.2 Å². The van der Waals surface area contributed by atoms with Crippen LogP contribution in [0.1, 0.15) is 31.5 Å². The van der Waals surface area contributed by atoms with Crippen LogP contribution in [-0.2, 0) is 9.47 Å². The molecule has 0 radical (unpaired) electrons. The van der Waals surface area contributed by atoms with Crippen LogP contribution in [0.25, 0.3) is 16.9 Å². The number of fused-ring (bicyclic) bond motifs is 1. The summed E-state index contributed by atoms with van der Waals surface area (Å²) in [6.07, 6.45) is 0.677. The van der Waals surface area contributed by atoms with Gasteiger partial charge in [-0.15, -0.1) is 0 Å². The third-order valence-corrected chi connectivity index (χ3v) is 7.82. The number of imidazole rings is 1. The predicted octanol–water partition coefficient (Wildman–Crippen LogP) is 3.75. The molecule has 0 bridgehead atoms. The van der Waals surface area contributed by atoms with Gasteiger partial charge in [0.15, 0.2) is 5.82 Å². The molecular formula is C27H35F2N7O2. The first-order chi connectivity index (χ1) is 18.6. The minimum atomic E-state index is -2.74. The second kappa shape index (κ2) is 11.5. The Hall–Kier alpha value is -2.89. The summed E-state index contributed by atoms with van der Waals surface area (Å²) >= 11 is 0. The Morgan fingerprint density at radius 1 is 0.895 bits per heavy atom. The topological polar surface area (TPSA) is 80.6 Å². The maximum absolute atomic E-state index is 14.1. The summed E-state index contributed by atoms with van der Waals surface area (Å²) in [7, 11) is 0. The monoisotopic (exact) mass is 527 g/mol. The third kappa shape index (κ3) is 5.60. The van der Waals surface area contributed by atoms with Crippen molar-refractivity contribution in [1.82, 2.24) is 24.4 Å². The van der Waals surface area contributed by atoms with Crippen LogP contribution in [0.2, 0.25) is 0 Å². The lowest BCUT2D eigenvalue weighted by molar-refractivity contribution is 0.0551. The van der Waals surface area contributed by atoms with E-state index in [0.29, 0.717) is 60.8 Å². The number of morpholine rings is 1. The fraction of sp³-hybridized carbons (Fsp3) is 0.593. The number of halogens is 2. The molecule has 11 heteroatoms. The van der Waals surface area contributed by atoms with Gasteiger partial charge in [0.25, 0.3) is 6.43 Å². The van der Waals surface area contributed by atoms with Crippen LogP contribution in [0.3, 0.4) is 0 Å². The highest BCUT2D eigenvalue weighted by Gasteiger charge is 2.27. The third-order valence-electron chi connectivity index (χ3n) is 7.82. The molecule has 0 spiro atoms. The highest BCUT2D eigenvalue weighted by Crippen LogP contribution is 2.29. The fourth-order valence-corrected chi connectivity index (χ4v) is 5.78. The molecule has 1 atom stereocenters. The van der Waals surface area contributed by atoms with Crippen molar-refractivity contribution in [3.8, 4) is 5.82 Å². The summed E-state index contributed by atoms with van der Waals surface area (Å²) in [5.74, 6) is 2.43. The molecule has 204 valence electrons. The molecule has 3 fully saturated rings. The van der Waals surface area contributed by atoms with Crippen molar-refractivity contribution < 1.29 is 18.3 Å². The number of benzene rings is 1.